The fourth-order valence-corrected chi connectivity index (χ4v) is 3.20. The fourth-order valence-electron chi connectivity index (χ4n) is 1.24. The summed E-state index contributed by atoms with van der Waals surface area (Å²) in [4.78, 5) is 2.09. The average Bonchev–Trinajstić information content (AvgIpc) is 2.88. The first-order valence-corrected chi connectivity index (χ1v) is 7.80. The summed E-state index contributed by atoms with van der Waals surface area (Å²) in [5.74, 6) is -0.0435. The Morgan fingerprint density at radius 3 is 2.79 bits per heavy atom. The molecule has 100 valence electrons. The minimum absolute atomic E-state index is 0.0435. The number of aromatic hydroxyl groups is 1. The van der Waals surface area contributed by atoms with Gasteiger partial charge in [0.1, 0.15) is 9.96 Å². The third-order valence-corrected chi connectivity index (χ3v) is 5.04. The van der Waals surface area contributed by atoms with E-state index in [1.807, 2.05) is 0 Å². The number of hydrogen-bond acceptors (Lipinski definition) is 5. The monoisotopic (exact) mass is 316 g/mol. The SMILES string of the molecule is O=S(=O)(N/N=C/c1ccc(O)c(Cl)c1)c1cccs1. The molecule has 1 heterocycles. The van der Waals surface area contributed by atoms with Gasteiger partial charge in [-0.1, -0.05) is 17.7 Å². The Hall–Kier alpha value is -1.57. The maximum Gasteiger partial charge on any atom is 0.286 e. The molecule has 0 bridgehead atoms. The highest BCUT2D eigenvalue weighted by Gasteiger charge is 2.12. The van der Waals surface area contributed by atoms with E-state index in [0.29, 0.717) is 5.56 Å². The summed E-state index contributed by atoms with van der Waals surface area (Å²) in [5, 5.41) is 14.7. The molecule has 0 amide bonds. The number of benzene rings is 1. The average molecular weight is 317 g/mol. The van der Waals surface area contributed by atoms with Gasteiger partial charge in [-0.2, -0.15) is 18.4 Å². The Morgan fingerprint density at radius 2 is 2.16 bits per heavy atom. The lowest BCUT2D eigenvalue weighted by Crippen LogP contribution is -2.17. The zero-order valence-electron chi connectivity index (χ0n) is 9.45. The lowest BCUT2D eigenvalue weighted by atomic mass is 10.2. The molecule has 0 aliphatic heterocycles. The van der Waals surface area contributed by atoms with Gasteiger partial charge >= 0.3 is 0 Å². The predicted octanol–water partition coefficient (Wildman–Crippen LogP) is 2.42. The number of hydrogen-bond donors (Lipinski definition) is 2. The number of nitrogens with zero attached hydrogens (tertiary/aromatic N) is 1. The smallest absolute Gasteiger partial charge is 0.286 e. The highest BCUT2D eigenvalue weighted by atomic mass is 35.5. The number of halogens is 1. The van der Waals surface area contributed by atoms with Gasteiger partial charge in [0.2, 0.25) is 0 Å². The minimum Gasteiger partial charge on any atom is -0.506 e. The molecule has 0 saturated heterocycles. The highest BCUT2D eigenvalue weighted by molar-refractivity contribution is 7.91. The number of rotatable bonds is 4. The van der Waals surface area contributed by atoms with Crippen LogP contribution in [0.2, 0.25) is 5.02 Å². The Bertz CT molecular complexity index is 697. The summed E-state index contributed by atoms with van der Waals surface area (Å²) >= 11 is 6.82. The molecule has 2 aromatic rings. The highest BCUT2D eigenvalue weighted by Crippen LogP contribution is 2.22. The van der Waals surface area contributed by atoms with E-state index in [-0.39, 0.29) is 15.0 Å². The third-order valence-electron chi connectivity index (χ3n) is 2.12. The van der Waals surface area contributed by atoms with Crippen molar-refractivity contribution in [3.05, 3.63) is 46.3 Å². The fraction of sp³-hybridized carbons (Fsp3) is 0. The standard InChI is InChI=1S/C11H9ClN2O3S2/c12-9-6-8(3-4-10(9)15)7-13-14-19(16,17)11-2-1-5-18-11/h1-7,14-15H/b13-7+. The number of nitrogens with one attached hydrogen (secondary N) is 1. The molecule has 1 aromatic heterocycles. The van der Waals surface area contributed by atoms with Gasteiger partial charge in [0.05, 0.1) is 11.2 Å². The molecule has 0 atom stereocenters. The van der Waals surface area contributed by atoms with Gasteiger partial charge < -0.3 is 5.11 Å². The van der Waals surface area contributed by atoms with Gasteiger partial charge in [-0.25, -0.2) is 0 Å². The quantitative estimate of drug-likeness (QED) is 0.671. The van der Waals surface area contributed by atoms with E-state index in [4.69, 9.17) is 11.6 Å². The lowest BCUT2D eigenvalue weighted by molar-refractivity contribution is 0.475. The molecular formula is C11H9ClN2O3S2. The largest absolute Gasteiger partial charge is 0.506 e. The van der Waals surface area contributed by atoms with Crippen LogP contribution in [0.15, 0.2) is 45.0 Å². The summed E-state index contributed by atoms with van der Waals surface area (Å²) in [5.41, 5.74) is 0.566. The van der Waals surface area contributed by atoms with E-state index in [0.717, 1.165) is 11.3 Å². The summed E-state index contributed by atoms with van der Waals surface area (Å²) in [6, 6.07) is 7.56. The van der Waals surface area contributed by atoms with Crippen LogP contribution < -0.4 is 4.83 Å². The van der Waals surface area contributed by atoms with E-state index < -0.39 is 10.0 Å². The third kappa shape index (κ3) is 3.46. The van der Waals surface area contributed by atoms with Gasteiger partial charge in [0.25, 0.3) is 10.0 Å². The summed E-state index contributed by atoms with van der Waals surface area (Å²) in [6.07, 6.45) is 1.30. The molecule has 0 unspecified atom stereocenters. The van der Waals surface area contributed by atoms with E-state index in [1.165, 1.54) is 24.4 Å². The number of phenols is 1. The van der Waals surface area contributed by atoms with Crippen LogP contribution in [-0.2, 0) is 10.0 Å². The van der Waals surface area contributed by atoms with E-state index >= 15 is 0 Å². The second kappa shape index (κ2) is 5.60. The van der Waals surface area contributed by atoms with Gasteiger partial charge in [-0.05, 0) is 35.2 Å². The Labute approximate surface area is 119 Å². The van der Waals surface area contributed by atoms with Crippen LogP contribution in [0.1, 0.15) is 5.56 Å². The Kier molecular flexibility index (Phi) is 4.08. The van der Waals surface area contributed by atoms with Crippen molar-refractivity contribution < 1.29 is 13.5 Å². The van der Waals surface area contributed by atoms with Crippen molar-refractivity contribution in [3.8, 4) is 5.75 Å². The van der Waals surface area contributed by atoms with E-state index in [1.54, 1.807) is 17.5 Å². The molecule has 8 heteroatoms. The van der Waals surface area contributed by atoms with Crippen molar-refractivity contribution >= 4 is 39.2 Å². The second-order valence-electron chi connectivity index (χ2n) is 3.50. The van der Waals surface area contributed by atoms with Crippen molar-refractivity contribution in [2.45, 2.75) is 4.21 Å². The summed E-state index contributed by atoms with van der Waals surface area (Å²) in [6.45, 7) is 0. The van der Waals surface area contributed by atoms with Crippen LogP contribution in [-0.4, -0.2) is 19.7 Å². The molecule has 1 aromatic carbocycles. The molecule has 0 aliphatic rings. The molecular weight excluding hydrogens is 308 g/mol. The maximum absolute atomic E-state index is 11.7. The number of sulfonamides is 1. The first kappa shape index (κ1) is 13.9. The zero-order valence-corrected chi connectivity index (χ0v) is 11.8. The van der Waals surface area contributed by atoms with Crippen molar-refractivity contribution in [2.75, 3.05) is 0 Å². The summed E-state index contributed by atoms with van der Waals surface area (Å²) in [7, 11) is -3.62. The van der Waals surface area contributed by atoms with Crippen LogP contribution in [0.3, 0.4) is 0 Å². The van der Waals surface area contributed by atoms with Crippen LogP contribution in [0.4, 0.5) is 0 Å². The zero-order chi connectivity index (χ0) is 13.9. The molecule has 0 spiro atoms. The normalized spacial score (nSPS) is 11.8. The van der Waals surface area contributed by atoms with Crippen LogP contribution >= 0.6 is 22.9 Å². The van der Waals surface area contributed by atoms with E-state index in [9.17, 15) is 13.5 Å². The molecule has 0 aliphatic carbocycles. The predicted molar refractivity (Wildman–Crippen MR) is 75.4 cm³/mol. The van der Waals surface area contributed by atoms with Gasteiger partial charge in [0.15, 0.2) is 0 Å². The lowest BCUT2D eigenvalue weighted by Gasteiger charge is -2.00. The first-order chi connectivity index (χ1) is 8.99. The molecule has 0 radical (unpaired) electrons. The molecule has 2 rings (SSSR count). The van der Waals surface area contributed by atoms with Crippen molar-refractivity contribution in [2.24, 2.45) is 5.10 Å². The van der Waals surface area contributed by atoms with Gasteiger partial charge in [-0.15, -0.1) is 11.3 Å². The first-order valence-electron chi connectivity index (χ1n) is 5.06. The van der Waals surface area contributed by atoms with Crippen LogP contribution in [0.5, 0.6) is 5.75 Å². The van der Waals surface area contributed by atoms with Crippen molar-refractivity contribution in [3.63, 3.8) is 0 Å². The Balaban J connectivity index is 2.10. The summed E-state index contributed by atoms with van der Waals surface area (Å²) < 4.78 is 23.6. The maximum atomic E-state index is 11.7. The van der Waals surface area contributed by atoms with Crippen LogP contribution in [0, 0.1) is 0 Å². The van der Waals surface area contributed by atoms with Gasteiger partial charge in [0, 0.05) is 0 Å². The molecule has 5 nitrogen and oxygen atoms in total. The molecule has 0 fully saturated rings. The molecule has 0 saturated carbocycles. The molecule has 19 heavy (non-hydrogen) atoms. The number of hydrazone groups is 1. The minimum atomic E-state index is -3.62. The number of thiophene rings is 1. The van der Waals surface area contributed by atoms with Gasteiger partial charge in [-0.3, -0.25) is 0 Å². The van der Waals surface area contributed by atoms with Crippen molar-refractivity contribution in [1.29, 1.82) is 0 Å². The Morgan fingerprint density at radius 1 is 1.37 bits per heavy atom. The van der Waals surface area contributed by atoms with Crippen LogP contribution in [0.25, 0.3) is 0 Å². The van der Waals surface area contributed by atoms with E-state index in [2.05, 4.69) is 9.93 Å². The second-order valence-corrected chi connectivity index (χ2v) is 6.74. The molecule has 2 N–H and O–H groups in total. The van der Waals surface area contributed by atoms with Crippen molar-refractivity contribution in [1.82, 2.24) is 4.83 Å². The topological polar surface area (TPSA) is 78.8 Å². The number of phenolic OH excluding ortho intramolecular Hbond substituents is 1.